The molecule has 0 saturated carbocycles. The second kappa shape index (κ2) is 6.71. The maximum Gasteiger partial charge on any atom is 0.335 e. The minimum Gasteiger partial charge on any atom is -0.495 e. The Hall–Kier alpha value is -2.60. The van der Waals surface area contributed by atoms with Gasteiger partial charge in [-0.2, -0.15) is 5.26 Å². The lowest BCUT2D eigenvalue weighted by atomic mass is 10.2. The second-order valence-electron chi connectivity index (χ2n) is 3.86. The number of rotatable bonds is 6. The molecule has 0 aromatic heterocycles. The fraction of sp³-hybridized carbons (Fsp3) is 0.250. The minimum absolute atomic E-state index is 0.0620. The molecule has 0 bridgehead atoms. The van der Waals surface area contributed by atoms with E-state index in [2.05, 4.69) is 5.32 Å². The van der Waals surface area contributed by atoms with Crippen molar-refractivity contribution in [1.82, 2.24) is 5.32 Å². The number of ether oxygens (including phenoxy) is 1. The zero-order valence-electron chi connectivity index (χ0n) is 11.0. The smallest absolute Gasteiger partial charge is 0.335 e. The van der Waals surface area contributed by atoms with Crippen molar-refractivity contribution in [3.8, 4) is 11.8 Å². The third-order valence-electron chi connectivity index (χ3n) is 2.43. The summed E-state index contributed by atoms with van der Waals surface area (Å²) in [7, 11) is -2.87. The number of aromatic carboxylic acids is 1. The van der Waals surface area contributed by atoms with Crippen LogP contribution in [0.4, 0.5) is 0 Å². The summed E-state index contributed by atoms with van der Waals surface area (Å²) < 4.78 is 29.2. The van der Waals surface area contributed by atoms with E-state index in [1.54, 1.807) is 6.07 Å². The minimum atomic E-state index is -4.10. The number of nitrogens with zero attached hydrogens (tertiary/aromatic N) is 1. The van der Waals surface area contributed by atoms with Gasteiger partial charge >= 0.3 is 5.97 Å². The first-order valence-corrected chi connectivity index (χ1v) is 7.24. The SMILES string of the molecule is COc1ccc(C(=O)O)cc1S(=O)(=O)CC(=O)NCC#N. The van der Waals surface area contributed by atoms with Gasteiger partial charge in [-0.1, -0.05) is 0 Å². The molecule has 8 nitrogen and oxygen atoms in total. The number of amides is 1. The van der Waals surface area contributed by atoms with E-state index in [4.69, 9.17) is 15.1 Å². The summed E-state index contributed by atoms with van der Waals surface area (Å²) in [6, 6.07) is 4.95. The van der Waals surface area contributed by atoms with Gasteiger partial charge in [0.05, 0.1) is 18.7 Å². The number of nitriles is 1. The predicted octanol–water partition coefficient (Wildman–Crippen LogP) is -0.193. The van der Waals surface area contributed by atoms with Crippen molar-refractivity contribution < 1.29 is 27.9 Å². The summed E-state index contributed by atoms with van der Waals surface area (Å²) in [4.78, 5) is 21.9. The second-order valence-corrected chi connectivity index (χ2v) is 5.82. The van der Waals surface area contributed by atoms with E-state index in [-0.39, 0.29) is 17.9 Å². The van der Waals surface area contributed by atoms with Crippen LogP contribution in [0.5, 0.6) is 5.75 Å². The van der Waals surface area contributed by atoms with Crippen LogP contribution >= 0.6 is 0 Å². The number of carboxylic acids is 1. The van der Waals surface area contributed by atoms with E-state index in [0.29, 0.717) is 0 Å². The topological polar surface area (TPSA) is 134 Å². The Morgan fingerprint density at radius 1 is 1.43 bits per heavy atom. The molecule has 1 amide bonds. The van der Waals surface area contributed by atoms with E-state index in [0.717, 1.165) is 6.07 Å². The molecule has 1 aromatic carbocycles. The summed E-state index contributed by atoms with van der Waals surface area (Å²) in [5, 5.41) is 19.3. The molecule has 0 aliphatic heterocycles. The van der Waals surface area contributed by atoms with Crippen LogP contribution in [0.15, 0.2) is 23.1 Å². The van der Waals surface area contributed by atoms with Gasteiger partial charge in [0.2, 0.25) is 5.91 Å². The fourth-order valence-corrected chi connectivity index (χ4v) is 2.86. The third kappa shape index (κ3) is 4.19. The lowest BCUT2D eigenvalue weighted by Crippen LogP contribution is -2.30. The zero-order valence-corrected chi connectivity index (χ0v) is 11.8. The van der Waals surface area contributed by atoms with Gasteiger partial charge in [-0.05, 0) is 18.2 Å². The van der Waals surface area contributed by atoms with Crippen molar-refractivity contribution in [2.24, 2.45) is 0 Å². The number of carboxylic acid groups (broad SMARTS) is 1. The zero-order chi connectivity index (χ0) is 16.0. The van der Waals surface area contributed by atoms with Crippen LogP contribution in [-0.2, 0) is 14.6 Å². The third-order valence-corrected chi connectivity index (χ3v) is 4.06. The molecular weight excluding hydrogens is 300 g/mol. The number of carbonyl (C=O) groups excluding carboxylic acids is 1. The Kier molecular flexibility index (Phi) is 5.26. The maximum atomic E-state index is 12.1. The largest absolute Gasteiger partial charge is 0.495 e. The molecule has 0 atom stereocenters. The first kappa shape index (κ1) is 16.5. The molecule has 0 aliphatic carbocycles. The van der Waals surface area contributed by atoms with Crippen molar-refractivity contribution in [3.05, 3.63) is 23.8 Å². The lowest BCUT2D eigenvalue weighted by Gasteiger charge is -2.10. The molecule has 112 valence electrons. The molecule has 1 aromatic rings. The van der Waals surface area contributed by atoms with Crippen LogP contribution in [0, 0.1) is 11.3 Å². The number of nitrogens with one attached hydrogen (secondary N) is 1. The van der Waals surface area contributed by atoms with Crippen LogP contribution in [0.3, 0.4) is 0 Å². The number of hydrogen-bond donors (Lipinski definition) is 2. The molecule has 9 heteroatoms. The lowest BCUT2D eigenvalue weighted by molar-refractivity contribution is -0.118. The predicted molar refractivity (Wildman–Crippen MR) is 70.6 cm³/mol. The number of hydrogen-bond acceptors (Lipinski definition) is 6. The van der Waals surface area contributed by atoms with Crippen LogP contribution in [-0.4, -0.2) is 44.8 Å². The standard InChI is InChI=1S/C12H12N2O6S/c1-20-9-3-2-8(12(16)17)6-10(9)21(18,19)7-11(15)14-5-4-13/h2-3,6H,5,7H2,1H3,(H,14,15)(H,16,17). The molecule has 0 aliphatic rings. The highest BCUT2D eigenvalue weighted by Crippen LogP contribution is 2.26. The molecule has 0 unspecified atom stereocenters. The average Bonchev–Trinajstić information content (AvgIpc) is 2.43. The van der Waals surface area contributed by atoms with Crippen LogP contribution < -0.4 is 10.1 Å². The van der Waals surface area contributed by atoms with E-state index >= 15 is 0 Å². The molecule has 1 rings (SSSR count). The highest BCUT2D eigenvalue weighted by atomic mass is 32.2. The Balaban J connectivity index is 3.17. The highest BCUT2D eigenvalue weighted by molar-refractivity contribution is 7.92. The van der Waals surface area contributed by atoms with Gasteiger partial charge in [-0.25, -0.2) is 13.2 Å². The van der Waals surface area contributed by atoms with Crippen molar-refractivity contribution in [2.45, 2.75) is 4.90 Å². The molecule has 0 radical (unpaired) electrons. The summed E-state index contributed by atoms with van der Waals surface area (Å²) in [6.07, 6.45) is 0. The number of methoxy groups -OCH3 is 1. The molecule has 0 spiro atoms. The number of benzene rings is 1. The molecule has 0 heterocycles. The van der Waals surface area contributed by atoms with Gasteiger partial charge < -0.3 is 15.2 Å². The number of carbonyl (C=O) groups is 2. The average molecular weight is 312 g/mol. The summed E-state index contributed by atoms with van der Waals surface area (Å²) >= 11 is 0. The van der Waals surface area contributed by atoms with Gasteiger partial charge in [0.1, 0.15) is 22.9 Å². The van der Waals surface area contributed by atoms with E-state index < -0.39 is 32.4 Å². The quantitative estimate of drug-likeness (QED) is 0.695. The van der Waals surface area contributed by atoms with Crippen molar-refractivity contribution in [2.75, 3.05) is 19.4 Å². The van der Waals surface area contributed by atoms with Gasteiger partial charge in [-0.3, -0.25) is 4.79 Å². The first-order valence-electron chi connectivity index (χ1n) is 5.59. The Labute approximate surface area is 120 Å². The molecule has 0 saturated heterocycles. The van der Waals surface area contributed by atoms with E-state index in [1.807, 2.05) is 0 Å². The molecule has 2 N–H and O–H groups in total. The normalized spacial score (nSPS) is 10.5. The van der Waals surface area contributed by atoms with Crippen LogP contribution in [0.1, 0.15) is 10.4 Å². The summed E-state index contributed by atoms with van der Waals surface area (Å²) in [5.41, 5.74) is -0.244. The summed E-state index contributed by atoms with van der Waals surface area (Å²) in [6.45, 7) is -0.319. The molecular formula is C12H12N2O6S. The molecule has 21 heavy (non-hydrogen) atoms. The van der Waals surface area contributed by atoms with Gasteiger partial charge in [0.15, 0.2) is 9.84 Å². The first-order chi connectivity index (χ1) is 9.81. The van der Waals surface area contributed by atoms with E-state index in [1.165, 1.54) is 19.2 Å². The van der Waals surface area contributed by atoms with Crippen molar-refractivity contribution in [3.63, 3.8) is 0 Å². The van der Waals surface area contributed by atoms with Gasteiger partial charge in [0.25, 0.3) is 0 Å². The Morgan fingerprint density at radius 3 is 2.62 bits per heavy atom. The molecule has 0 fully saturated rings. The Morgan fingerprint density at radius 2 is 2.10 bits per heavy atom. The van der Waals surface area contributed by atoms with Crippen molar-refractivity contribution in [1.29, 1.82) is 5.26 Å². The number of sulfone groups is 1. The fourth-order valence-electron chi connectivity index (χ4n) is 1.49. The highest BCUT2D eigenvalue weighted by Gasteiger charge is 2.24. The van der Waals surface area contributed by atoms with Crippen molar-refractivity contribution >= 4 is 21.7 Å². The Bertz CT molecular complexity index is 705. The van der Waals surface area contributed by atoms with Gasteiger partial charge in [-0.15, -0.1) is 0 Å². The maximum absolute atomic E-state index is 12.1. The summed E-state index contributed by atoms with van der Waals surface area (Å²) in [5.74, 6) is -3.14. The monoisotopic (exact) mass is 312 g/mol. The van der Waals surface area contributed by atoms with Gasteiger partial charge in [0, 0.05) is 0 Å². The van der Waals surface area contributed by atoms with Crippen LogP contribution in [0.25, 0.3) is 0 Å². The van der Waals surface area contributed by atoms with Crippen LogP contribution in [0.2, 0.25) is 0 Å². The van der Waals surface area contributed by atoms with E-state index in [9.17, 15) is 18.0 Å².